The smallest absolute Gasteiger partial charge is 0.150 e. The lowest BCUT2D eigenvalue weighted by atomic mass is 10.2. The van der Waals surface area contributed by atoms with Crippen LogP contribution in [0.4, 0.5) is 0 Å². The summed E-state index contributed by atoms with van der Waals surface area (Å²) >= 11 is 0. The number of ether oxygens (including phenoxy) is 1. The number of aldehydes is 1. The first-order valence-corrected chi connectivity index (χ1v) is 3.66. The van der Waals surface area contributed by atoms with Gasteiger partial charge in [-0.3, -0.25) is 4.79 Å². The highest BCUT2D eigenvalue weighted by molar-refractivity contribution is 5.75. The molecule has 2 heteroatoms. The summed E-state index contributed by atoms with van der Waals surface area (Å²) in [4.78, 5) is 10.4. The van der Waals surface area contributed by atoms with E-state index in [9.17, 15) is 4.79 Å². The SMILES string of the molecule is C=CCOc1cccc(C=O)c1. The van der Waals surface area contributed by atoms with E-state index in [-0.39, 0.29) is 0 Å². The molecule has 0 fully saturated rings. The van der Waals surface area contributed by atoms with E-state index in [1.807, 2.05) is 0 Å². The summed E-state index contributed by atoms with van der Waals surface area (Å²) in [5, 5.41) is 0. The predicted octanol–water partition coefficient (Wildman–Crippen LogP) is 2.06. The maximum absolute atomic E-state index is 10.4. The largest absolute Gasteiger partial charge is 0.490 e. The van der Waals surface area contributed by atoms with Crippen molar-refractivity contribution in [2.75, 3.05) is 6.61 Å². The average molecular weight is 162 g/mol. The van der Waals surface area contributed by atoms with Crippen LogP contribution in [0.2, 0.25) is 0 Å². The Balaban J connectivity index is 2.72. The number of hydrogen-bond acceptors (Lipinski definition) is 2. The molecule has 0 aliphatic carbocycles. The molecular weight excluding hydrogens is 152 g/mol. The Morgan fingerprint density at radius 2 is 2.33 bits per heavy atom. The quantitative estimate of drug-likeness (QED) is 0.500. The standard InChI is InChI=1S/C10H10O2/c1-2-6-12-10-5-3-4-9(7-10)8-11/h2-5,7-8H,1,6H2. The van der Waals surface area contributed by atoms with Crippen molar-refractivity contribution in [3.8, 4) is 5.75 Å². The third-order valence-electron chi connectivity index (χ3n) is 1.36. The van der Waals surface area contributed by atoms with Gasteiger partial charge in [0.15, 0.2) is 0 Å². The van der Waals surface area contributed by atoms with Crippen molar-refractivity contribution >= 4 is 6.29 Å². The monoisotopic (exact) mass is 162 g/mol. The van der Waals surface area contributed by atoms with Gasteiger partial charge in [0, 0.05) is 5.56 Å². The molecule has 0 radical (unpaired) electrons. The lowest BCUT2D eigenvalue weighted by Crippen LogP contribution is -1.92. The van der Waals surface area contributed by atoms with Crippen LogP contribution in [0.5, 0.6) is 5.75 Å². The molecule has 0 aromatic heterocycles. The second-order valence-corrected chi connectivity index (χ2v) is 2.29. The fourth-order valence-corrected chi connectivity index (χ4v) is 0.833. The van der Waals surface area contributed by atoms with Crippen LogP contribution in [-0.4, -0.2) is 12.9 Å². The molecule has 1 aromatic rings. The first-order chi connectivity index (χ1) is 5.86. The van der Waals surface area contributed by atoms with E-state index in [4.69, 9.17) is 4.74 Å². The minimum Gasteiger partial charge on any atom is -0.490 e. The van der Waals surface area contributed by atoms with E-state index in [1.54, 1.807) is 30.3 Å². The Hall–Kier alpha value is -1.57. The van der Waals surface area contributed by atoms with Gasteiger partial charge in [-0.1, -0.05) is 24.8 Å². The summed E-state index contributed by atoms with van der Waals surface area (Å²) < 4.78 is 5.22. The number of benzene rings is 1. The molecule has 0 atom stereocenters. The molecule has 0 spiro atoms. The van der Waals surface area contributed by atoms with E-state index in [1.165, 1.54) is 0 Å². The normalized spacial score (nSPS) is 9.00. The summed E-state index contributed by atoms with van der Waals surface area (Å²) in [6.45, 7) is 3.98. The summed E-state index contributed by atoms with van der Waals surface area (Å²) in [6.07, 6.45) is 2.45. The van der Waals surface area contributed by atoms with Crippen molar-refractivity contribution in [2.45, 2.75) is 0 Å². The maximum atomic E-state index is 10.4. The van der Waals surface area contributed by atoms with Crippen LogP contribution in [-0.2, 0) is 0 Å². The topological polar surface area (TPSA) is 26.3 Å². The van der Waals surface area contributed by atoms with E-state index >= 15 is 0 Å². The zero-order valence-corrected chi connectivity index (χ0v) is 6.69. The summed E-state index contributed by atoms with van der Waals surface area (Å²) in [6, 6.07) is 7.00. The molecular formula is C10H10O2. The number of hydrogen-bond donors (Lipinski definition) is 0. The average Bonchev–Trinajstić information content (AvgIpc) is 2.15. The Morgan fingerprint density at radius 1 is 1.50 bits per heavy atom. The van der Waals surface area contributed by atoms with Crippen molar-refractivity contribution in [3.05, 3.63) is 42.5 Å². The molecule has 1 rings (SSSR count). The third kappa shape index (κ3) is 2.23. The molecule has 0 aliphatic heterocycles. The van der Waals surface area contributed by atoms with E-state index in [0.717, 1.165) is 6.29 Å². The molecule has 62 valence electrons. The molecule has 0 saturated carbocycles. The molecule has 1 aromatic carbocycles. The fraction of sp³-hybridized carbons (Fsp3) is 0.100. The molecule has 0 unspecified atom stereocenters. The van der Waals surface area contributed by atoms with Gasteiger partial charge in [0.1, 0.15) is 18.6 Å². The highest BCUT2D eigenvalue weighted by Crippen LogP contribution is 2.11. The number of carbonyl (C=O) groups excluding carboxylic acids is 1. The van der Waals surface area contributed by atoms with E-state index < -0.39 is 0 Å². The van der Waals surface area contributed by atoms with Crippen molar-refractivity contribution in [1.29, 1.82) is 0 Å². The van der Waals surface area contributed by atoms with Gasteiger partial charge in [0.25, 0.3) is 0 Å². The van der Waals surface area contributed by atoms with Crippen LogP contribution in [0.25, 0.3) is 0 Å². The number of carbonyl (C=O) groups is 1. The Kier molecular flexibility index (Phi) is 3.08. The van der Waals surface area contributed by atoms with Crippen molar-refractivity contribution in [2.24, 2.45) is 0 Å². The van der Waals surface area contributed by atoms with Crippen LogP contribution in [0.1, 0.15) is 10.4 Å². The predicted molar refractivity (Wildman–Crippen MR) is 47.5 cm³/mol. The Morgan fingerprint density at radius 3 is 3.00 bits per heavy atom. The van der Waals surface area contributed by atoms with Gasteiger partial charge < -0.3 is 4.74 Å². The van der Waals surface area contributed by atoms with Crippen LogP contribution in [0.15, 0.2) is 36.9 Å². The first kappa shape index (κ1) is 8.53. The zero-order valence-electron chi connectivity index (χ0n) is 6.69. The van der Waals surface area contributed by atoms with Gasteiger partial charge in [0.05, 0.1) is 0 Å². The van der Waals surface area contributed by atoms with Crippen LogP contribution < -0.4 is 4.74 Å². The van der Waals surface area contributed by atoms with Crippen LogP contribution >= 0.6 is 0 Å². The summed E-state index contributed by atoms with van der Waals surface area (Å²) in [5.74, 6) is 0.694. The highest BCUT2D eigenvalue weighted by Gasteiger charge is 1.93. The van der Waals surface area contributed by atoms with Crippen molar-refractivity contribution < 1.29 is 9.53 Å². The molecule has 0 aliphatic rings. The lowest BCUT2D eigenvalue weighted by Gasteiger charge is -2.01. The van der Waals surface area contributed by atoms with E-state index in [2.05, 4.69) is 6.58 Å². The van der Waals surface area contributed by atoms with Crippen LogP contribution in [0.3, 0.4) is 0 Å². The van der Waals surface area contributed by atoms with Crippen LogP contribution in [0, 0.1) is 0 Å². The maximum Gasteiger partial charge on any atom is 0.150 e. The van der Waals surface area contributed by atoms with E-state index in [0.29, 0.717) is 17.9 Å². The molecule has 2 nitrogen and oxygen atoms in total. The summed E-state index contributed by atoms with van der Waals surface area (Å²) in [7, 11) is 0. The van der Waals surface area contributed by atoms with Gasteiger partial charge in [-0.05, 0) is 12.1 Å². The molecule has 0 saturated heterocycles. The Bertz CT molecular complexity index is 279. The third-order valence-corrected chi connectivity index (χ3v) is 1.36. The zero-order chi connectivity index (χ0) is 8.81. The van der Waals surface area contributed by atoms with Crippen molar-refractivity contribution in [3.63, 3.8) is 0 Å². The fourth-order valence-electron chi connectivity index (χ4n) is 0.833. The van der Waals surface area contributed by atoms with Gasteiger partial charge >= 0.3 is 0 Å². The number of rotatable bonds is 4. The summed E-state index contributed by atoms with van der Waals surface area (Å²) in [5.41, 5.74) is 0.622. The van der Waals surface area contributed by atoms with Gasteiger partial charge in [-0.2, -0.15) is 0 Å². The Labute approximate surface area is 71.5 Å². The molecule has 0 bridgehead atoms. The first-order valence-electron chi connectivity index (χ1n) is 3.66. The second-order valence-electron chi connectivity index (χ2n) is 2.29. The minimum atomic E-state index is 0.461. The lowest BCUT2D eigenvalue weighted by molar-refractivity contribution is 0.112. The van der Waals surface area contributed by atoms with Gasteiger partial charge in [0.2, 0.25) is 0 Å². The molecule has 0 amide bonds. The van der Waals surface area contributed by atoms with Gasteiger partial charge in [-0.25, -0.2) is 0 Å². The van der Waals surface area contributed by atoms with Gasteiger partial charge in [-0.15, -0.1) is 0 Å². The van der Waals surface area contributed by atoms with Crippen molar-refractivity contribution in [1.82, 2.24) is 0 Å². The minimum absolute atomic E-state index is 0.461. The second kappa shape index (κ2) is 4.34. The highest BCUT2D eigenvalue weighted by atomic mass is 16.5. The molecule has 0 N–H and O–H groups in total. The molecule has 12 heavy (non-hydrogen) atoms. The molecule has 0 heterocycles.